The number of carbonyl (C=O) groups excluding carboxylic acids is 1. The largest absolute Gasteiger partial charge is 0.493 e. The van der Waals surface area contributed by atoms with Gasteiger partial charge in [-0.15, -0.1) is 0 Å². The number of rotatable bonds is 8. The maximum atomic E-state index is 12.3. The molecule has 1 saturated carbocycles. The van der Waals surface area contributed by atoms with Crippen LogP contribution in [0.4, 0.5) is 4.79 Å². The van der Waals surface area contributed by atoms with E-state index in [4.69, 9.17) is 14.3 Å². The van der Waals surface area contributed by atoms with Gasteiger partial charge < -0.3 is 19.6 Å². The van der Waals surface area contributed by atoms with Gasteiger partial charge in [-0.25, -0.2) is 9.78 Å². The van der Waals surface area contributed by atoms with E-state index in [2.05, 4.69) is 15.3 Å². The summed E-state index contributed by atoms with van der Waals surface area (Å²) in [5.74, 6) is 1.59. The van der Waals surface area contributed by atoms with E-state index >= 15 is 0 Å². The molecule has 2 heterocycles. The van der Waals surface area contributed by atoms with Crippen molar-refractivity contribution in [3.63, 3.8) is 0 Å². The Bertz CT molecular complexity index is 1040. The highest BCUT2D eigenvalue weighted by atomic mass is 16.5. The summed E-state index contributed by atoms with van der Waals surface area (Å²) in [7, 11) is 0. The van der Waals surface area contributed by atoms with Crippen LogP contribution in [0.25, 0.3) is 22.7 Å². The summed E-state index contributed by atoms with van der Waals surface area (Å²) in [6.45, 7) is 2.36. The first-order valence-corrected chi connectivity index (χ1v) is 9.50. The molecule has 0 aliphatic heterocycles. The number of fused-ring (bicyclic) bond motifs is 1. The monoisotopic (exact) mass is 395 g/mol. The topological polar surface area (TPSA) is 115 Å². The van der Waals surface area contributed by atoms with Crippen molar-refractivity contribution in [1.82, 2.24) is 15.3 Å². The Morgan fingerprint density at radius 1 is 1.31 bits per heavy atom. The number of carboxylic acid groups (broad SMARTS) is 1. The molecule has 3 aromatic rings. The standard InChI is InChI=1S/C21H21N3O5/c1-12(23-21(26)27)8-18(25)14-4-6-17(22-10-14)20-24-16-7-5-15(9-19(16)29-20)28-11-13-2-3-13/h4-7,9-10,12-13,23H,2-3,8,11H2,1H3,(H,26,27). The number of nitrogens with zero attached hydrogens (tertiary/aromatic N) is 2. The van der Waals surface area contributed by atoms with Crippen molar-refractivity contribution in [3.8, 4) is 17.3 Å². The number of carbonyl (C=O) groups is 2. The van der Waals surface area contributed by atoms with Crippen LogP contribution in [0.3, 0.4) is 0 Å². The normalized spacial score (nSPS) is 14.5. The summed E-state index contributed by atoms with van der Waals surface area (Å²) < 4.78 is 11.6. The Hall–Kier alpha value is -3.42. The zero-order valence-electron chi connectivity index (χ0n) is 15.9. The van der Waals surface area contributed by atoms with Crippen LogP contribution >= 0.6 is 0 Å². The van der Waals surface area contributed by atoms with E-state index in [1.54, 1.807) is 19.1 Å². The van der Waals surface area contributed by atoms with Crippen molar-refractivity contribution in [3.05, 3.63) is 42.1 Å². The number of benzene rings is 1. The van der Waals surface area contributed by atoms with E-state index in [0.29, 0.717) is 34.2 Å². The smallest absolute Gasteiger partial charge is 0.404 e. The highest BCUT2D eigenvalue weighted by Gasteiger charge is 2.22. The summed E-state index contributed by atoms with van der Waals surface area (Å²) in [4.78, 5) is 31.6. The van der Waals surface area contributed by atoms with Crippen molar-refractivity contribution in [2.24, 2.45) is 5.92 Å². The van der Waals surface area contributed by atoms with Crippen LogP contribution in [0.5, 0.6) is 5.75 Å². The van der Waals surface area contributed by atoms with Crippen molar-refractivity contribution in [2.75, 3.05) is 6.61 Å². The van der Waals surface area contributed by atoms with Crippen molar-refractivity contribution in [1.29, 1.82) is 0 Å². The van der Waals surface area contributed by atoms with E-state index in [1.165, 1.54) is 19.0 Å². The highest BCUT2D eigenvalue weighted by molar-refractivity contribution is 5.96. The summed E-state index contributed by atoms with van der Waals surface area (Å²) in [5.41, 5.74) is 2.23. The minimum absolute atomic E-state index is 0.0554. The number of Topliss-reactive ketones (excluding diaryl/α,β-unsaturated/α-hetero) is 1. The first-order chi connectivity index (χ1) is 14.0. The molecule has 2 N–H and O–H groups in total. The van der Waals surface area contributed by atoms with Crippen molar-refractivity contribution < 1.29 is 23.8 Å². The molecule has 1 aromatic carbocycles. The molecule has 29 heavy (non-hydrogen) atoms. The highest BCUT2D eigenvalue weighted by Crippen LogP contribution is 2.31. The Kier molecular flexibility index (Phi) is 5.16. The lowest BCUT2D eigenvalue weighted by atomic mass is 10.1. The SMILES string of the molecule is CC(CC(=O)c1ccc(-c2nc3ccc(OCC4CC4)cc3o2)nc1)NC(=O)O. The van der Waals surface area contributed by atoms with Gasteiger partial charge in [-0.05, 0) is 49.9 Å². The third-order valence-electron chi connectivity index (χ3n) is 4.71. The first kappa shape index (κ1) is 18.9. The molecule has 1 unspecified atom stereocenters. The molecule has 1 amide bonds. The number of nitrogens with one attached hydrogen (secondary N) is 1. The Morgan fingerprint density at radius 2 is 2.14 bits per heavy atom. The second-order valence-electron chi connectivity index (χ2n) is 7.31. The lowest BCUT2D eigenvalue weighted by Gasteiger charge is -2.10. The first-order valence-electron chi connectivity index (χ1n) is 9.50. The van der Waals surface area contributed by atoms with Crippen LogP contribution in [0, 0.1) is 5.92 Å². The van der Waals surface area contributed by atoms with Gasteiger partial charge in [-0.1, -0.05) is 0 Å². The maximum absolute atomic E-state index is 12.3. The van der Waals surface area contributed by atoms with Crippen LogP contribution in [0.1, 0.15) is 36.5 Å². The third kappa shape index (κ3) is 4.71. The van der Waals surface area contributed by atoms with Gasteiger partial charge in [0.25, 0.3) is 0 Å². The molecule has 0 bridgehead atoms. The fraction of sp³-hybridized carbons (Fsp3) is 0.333. The van der Waals surface area contributed by atoms with Crippen LogP contribution in [-0.4, -0.2) is 39.6 Å². The van der Waals surface area contributed by atoms with Gasteiger partial charge in [-0.3, -0.25) is 9.78 Å². The lowest BCUT2D eigenvalue weighted by molar-refractivity contribution is 0.0971. The van der Waals surface area contributed by atoms with Gasteiger partial charge in [-0.2, -0.15) is 0 Å². The maximum Gasteiger partial charge on any atom is 0.404 e. The average Bonchev–Trinajstić information content (AvgIpc) is 3.42. The fourth-order valence-corrected chi connectivity index (χ4v) is 2.95. The molecule has 0 radical (unpaired) electrons. The Labute approximate surface area is 166 Å². The van der Waals surface area contributed by atoms with Crippen LogP contribution in [-0.2, 0) is 0 Å². The second kappa shape index (κ2) is 7.90. The van der Waals surface area contributed by atoms with Gasteiger partial charge >= 0.3 is 6.09 Å². The molecule has 1 fully saturated rings. The zero-order chi connectivity index (χ0) is 20.4. The number of aromatic nitrogens is 2. The molecule has 150 valence electrons. The predicted molar refractivity (Wildman–Crippen MR) is 105 cm³/mol. The Morgan fingerprint density at radius 3 is 2.83 bits per heavy atom. The minimum Gasteiger partial charge on any atom is -0.493 e. The Balaban J connectivity index is 1.45. The number of pyridine rings is 1. The minimum atomic E-state index is -1.16. The van der Waals surface area contributed by atoms with E-state index in [9.17, 15) is 9.59 Å². The van der Waals surface area contributed by atoms with Crippen LogP contribution in [0.2, 0.25) is 0 Å². The number of hydrogen-bond acceptors (Lipinski definition) is 6. The van der Waals surface area contributed by atoms with E-state index in [0.717, 1.165) is 12.4 Å². The molecule has 4 rings (SSSR count). The van der Waals surface area contributed by atoms with Crippen molar-refractivity contribution >= 4 is 23.0 Å². The number of ether oxygens (including phenoxy) is 1. The van der Waals surface area contributed by atoms with E-state index < -0.39 is 12.1 Å². The number of oxazole rings is 1. The molecule has 0 saturated heterocycles. The number of amides is 1. The molecule has 1 aliphatic carbocycles. The number of ketones is 1. The lowest BCUT2D eigenvalue weighted by Crippen LogP contribution is -2.32. The fourth-order valence-electron chi connectivity index (χ4n) is 2.95. The molecular formula is C21H21N3O5. The zero-order valence-corrected chi connectivity index (χ0v) is 15.9. The van der Waals surface area contributed by atoms with Gasteiger partial charge in [0.15, 0.2) is 11.4 Å². The molecule has 2 aromatic heterocycles. The van der Waals surface area contributed by atoms with Crippen LogP contribution < -0.4 is 10.1 Å². The molecule has 1 aliphatic rings. The quantitative estimate of drug-likeness (QED) is 0.556. The average molecular weight is 395 g/mol. The predicted octanol–water partition coefficient (Wildman–Crippen LogP) is 3.91. The molecule has 0 spiro atoms. The van der Waals surface area contributed by atoms with Gasteiger partial charge in [0.05, 0.1) is 6.61 Å². The molecule has 1 atom stereocenters. The third-order valence-corrected chi connectivity index (χ3v) is 4.71. The van der Waals surface area contributed by atoms with Crippen LogP contribution in [0.15, 0.2) is 40.9 Å². The summed E-state index contributed by atoms with van der Waals surface area (Å²) >= 11 is 0. The summed E-state index contributed by atoms with van der Waals surface area (Å²) in [6.07, 6.45) is 2.81. The molecule has 8 nitrogen and oxygen atoms in total. The summed E-state index contributed by atoms with van der Waals surface area (Å²) in [5, 5.41) is 11.0. The molecular weight excluding hydrogens is 374 g/mol. The second-order valence-corrected chi connectivity index (χ2v) is 7.31. The van der Waals surface area contributed by atoms with Crippen molar-refractivity contribution in [2.45, 2.75) is 32.2 Å². The number of hydrogen-bond donors (Lipinski definition) is 2. The van der Waals surface area contributed by atoms with Gasteiger partial charge in [0, 0.05) is 30.3 Å². The van der Waals surface area contributed by atoms with E-state index in [1.807, 2.05) is 18.2 Å². The van der Waals surface area contributed by atoms with Gasteiger partial charge in [0.1, 0.15) is 17.0 Å². The molecule has 8 heteroatoms. The summed E-state index contributed by atoms with van der Waals surface area (Å²) in [6, 6.07) is 8.36. The van der Waals surface area contributed by atoms with Gasteiger partial charge in [0.2, 0.25) is 5.89 Å². The van der Waals surface area contributed by atoms with E-state index in [-0.39, 0.29) is 12.2 Å².